The van der Waals surface area contributed by atoms with E-state index >= 15 is 0 Å². The predicted molar refractivity (Wildman–Crippen MR) is 81.8 cm³/mol. The van der Waals surface area contributed by atoms with Crippen LogP contribution in [0.2, 0.25) is 0 Å². The van der Waals surface area contributed by atoms with E-state index in [-0.39, 0.29) is 5.78 Å². The van der Waals surface area contributed by atoms with Crippen LogP contribution in [0.3, 0.4) is 0 Å². The lowest BCUT2D eigenvalue weighted by Gasteiger charge is -2.19. The number of likely N-dealkylation sites (N-methyl/N-ethyl adjacent to an activating group) is 1. The molecule has 0 saturated heterocycles. The highest BCUT2D eigenvalue weighted by molar-refractivity contribution is 6.00. The van der Waals surface area contributed by atoms with Crippen LogP contribution < -0.4 is 9.64 Å². The number of nitrogens with zero attached hydrogens (tertiary/aromatic N) is 1. The van der Waals surface area contributed by atoms with E-state index in [4.69, 9.17) is 4.74 Å². The zero-order chi connectivity index (χ0) is 14.5. The number of hydrogen-bond donors (Lipinski definition) is 0. The number of rotatable bonds is 5. The van der Waals surface area contributed by atoms with Crippen molar-refractivity contribution < 1.29 is 9.53 Å². The number of Topliss-reactive ketones (excluding diaryl/α,β-unsaturated/α-hetero) is 1. The van der Waals surface area contributed by atoms with Gasteiger partial charge in [-0.15, -0.1) is 0 Å². The largest absolute Gasteiger partial charge is 0.497 e. The van der Waals surface area contributed by atoms with Gasteiger partial charge in [0.2, 0.25) is 0 Å². The van der Waals surface area contributed by atoms with Gasteiger partial charge in [-0.1, -0.05) is 24.3 Å². The molecule has 0 saturated carbocycles. The van der Waals surface area contributed by atoms with Crippen molar-refractivity contribution in [2.24, 2.45) is 0 Å². The van der Waals surface area contributed by atoms with Gasteiger partial charge in [-0.25, -0.2) is 0 Å². The minimum Gasteiger partial charge on any atom is -0.497 e. The van der Waals surface area contributed by atoms with Crippen LogP contribution >= 0.6 is 0 Å². The highest BCUT2D eigenvalue weighted by atomic mass is 16.5. The van der Waals surface area contributed by atoms with Crippen LogP contribution in [0.5, 0.6) is 5.75 Å². The Kier molecular flexibility index (Phi) is 4.41. The van der Waals surface area contributed by atoms with Crippen molar-refractivity contribution in [2.75, 3.05) is 25.6 Å². The first-order valence-electron chi connectivity index (χ1n) is 6.56. The summed E-state index contributed by atoms with van der Waals surface area (Å²) >= 11 is 0. The van der Waals surface area contributed by atoms with Crippen LogP contribution in [0.4, 0.5) is 5.69 Å². The fraction of sp³-hybridized carbons (Fsp3) is 0.235. The van der Waals surface area contributed by atoms with Gasteiger partial charge in [-0.3, -0.25) is 4.79 Å². The Bertz CT molecular complexity index is 590. The molecule has 104 valence electrons. The van der Waals surface area contributed by atoms with E-state index in [2.05, 4.69) is 0 Å². The Labute approximate surface area is 119 Å². The maximum Gasteiger partial charge on any atom is 0.182 e. The van der Waals surface area contributed by atoms with Gasteiger partial charge in [-0.2, -0.15) is 0 Å². The van der Waals surface area contributed by atoms with Crippen LogP contribution in [-0.2, 0) is 0 Å². The van der Waals surface area contributed by atoms with Crippen LogP contribution in [0.15, 0.2) is 48.5 Å². The van der Waals surface area contributed by atoms with Crippen molar-refractivity contribution in [3.63, 3.8) is 0 Å². The first-order valence-corrected chi connectivity index (χ1v) is 6.56. The molecule has 0 aliphatic carbocycles. The number of aryl methyl sites for hydroxylation is 1. The molecular formula is C17H19NO2. The Morgan fingerprint density at radius 1 is 1.10 bits per heavy atom. The van der Waals surface area contributed by atoms with Crippen molar-refractivity contribution in [1.29, 1.82) is 0 Å². The number of anilines is 1. The molecule has 0 bridgehead atoms. The molecule has 0 unspecified atom stereocenters. The summed E-state index contributed by atoms with van der Waals surface area (Å²) in [7, 11) is 3.55. The van der Waals surface area contributed by atoms with Gasteiger partial charge >= 0.3 is 0 Å². The fourth-order valence-electron chi connectivity index (χ4n) is 2.11. The first kappa shape index (κ1) is 14.1. The van der Waals surface area contributed by atoms with Crippen molar-refractivity contribution in [1.82, 2.24) is 0 Å². The monoisotopic (exact) mass is 269 g/mol. The van der Waals surface area contributed by atoms with Gasteiger partial charge < -0.3 is 9.64 Å². The fourth-order valence-corrected chi connectivity index (χ4v) is 2.11. The third-order valence-electron chi connectivity index (χ3n) is 3.34. The van der Waals surface area contributed by atoms with Gasteiger partial charge in [0, 0.05) is 18.3 Å². The van der Waals surface area contributed by atoms with Crippen molar-refractivity contribution in [2.45, 2.75) is 6.92 Å². The number of ether oxygens (including phenoxy) is 1. The third kappa shape index (κ3) is 3.18. The van der Waals surface area contributed by atoms with Crippen LogP contribution in [0.1, 0.15) is 15.9 Å². The molecule has 3 nitrogen and oxygen atoms in total. The molecular weight excluding hydrogens is 250 g/mol. The van der Waals surface area contributed by atoms with E-state index in [0.29, 0.717) is 6.54 Å². The molecule has 0 amide bonds. The maximum absolute atomic E-state index is 12.3. The molecule has 2 rings (SSSR count). The van der Waals surface area contributed by atoms with E-state index < -0.39 is 0 Å². The van der Waals surface area contributed by atoms with Gasteiger partial charge in [0.05, 0.1) is 13.7 Å². The molecule has 0 fully saturated rings. The summed E-state index contributed by atoms with van der Waals surface area (Å²) in [5, 5.41) is 0. The summed E-state index contributed by atoms with van der Waals surface area (Å²) in [6.45, 7) is 2.32. The Balaban J connectivity index is 2.09. The van der Waals surface area contributed by atoms with Crippen LogP contribution in [-0.4, -0.2) is 26.5 Å². The van der Waals surface area contributed by atoms with Gasteiger partial charge in [0.15, 0.2) is 5.78 Å². The summed E-state index contributed by atoms with van der Waals surface area (Å²) in [5.74, 6) is 0.939. The number of ketones is 1. The van der Waals surface area contributed by atoms with Gasteiger partial charge in [-0.05, 0) is 36.8 Å². The number of carbonyl (C=O) groups is 1. The lowest BCUT2D eigenvalue weighted by Crippen LogP contribution is -2.26. The highest BCUT2D eigenvalue weighted by Crippen LogP contribution is 2.18. The second kappa shape index (κ2) is 6.24. The summed E-state index contributed by atoms with van der Waals surface area (Å²) in [5.41, 5.74) is 2.79. The second-order valence-corrected chi connectivity index (χ2v) is 4.79. The smallest absolute Gasteiger partial charge is 0.182 e. The molecule has 0 aliphatic heterocycles. The maximum atomic E-state index is 12.3. The molecule has 3 heteroatoms. The highest BCUT2D eigenvalue weighted by Gasteiger charge is 2.11. The normalized spacial score (nSPS) is 10.2. The third-order valence-corrected chi connectivity index (χ3v) is 3.34. The molecule has 0 aromatic heterocycles. The number of methoxy groups -OCH3 is 1. The lowest BCUT2D eigenvalue weighted by atomic mass is 10.0. The molecule has 0 heterocycles. The summed E-state index contributed by atoms with van der Waals surface area (Å²) in [4.78, 5) is 14.2. The summed E-state index contributed by atoms with van der Waals surface area (Å²) in [6, 6.07) is 15.4. The second-order valence-electron chi connectivity index (χ2n) is 4.79. The average Bonchev–Trinajstić information content (AvgIpc) is 2.47. The van der Waals surface area contributed by atoms with Crippen LogP contribution in [0, 0.1) is 6.92 Å². The quantitative estimate of drug-likeness (QED) is 0.780. The van der Waals surface area contributed by atoms with Gasteiger partial charge in [0.25, 0.3) is 0 Å². The molecule has 20 heavy (non-hydrogen) atoms. The van der Waals surface area contributed by atoms with E-state index in [1.54, 1.807) is 7.11 Å². The number of benzene rings is 2. The summed E-state index contributed by atoms with van der Waals surface area (Å²) in [6.07, 6.45) is 0. The molecule has 2 aromatic carbocycles. The number of hydrogen-bond acceptors (Lipinski definition) is 3. The van der Waals surface area contributed by atoms with Crippen LogP contribution in [0.25, 0.3) is 0 Å². The Hall–Kier alpha value is -2.29. The Morgan fingerprint density at radius 2 is 1.75 bits per heavy atom. The minimum absolute atomic E-state index is 0.126. The minimum atomic E-state index is 0.126. The molecule has 2 aromatic rings. The van der Waals surface area contributed by atoms with E-state index in [9.17, 15) is 4.79 Å². The first-order chi connectivity index (χ1) is 9.61. The van der Waals surface area contributed by atoms with E-state index in [0.717, 1.165) is 22.6 Å². The SMILES string of the molecule is COc1ccc(N(C)CC(=O)c2ccccc2C)cc1. The van der Waals surface area contributed by atoms with E-state index in [1.165, 1.54) is 0 Å². The topological polar surface area (TPSA) is 29.5 Å². The Morgan fingerprint density at radius 3 is 2.35 bits per heavy atom. The zero-order valence-corrected chi connectivity index (χ0v) is 12.1. The number of carbonyl (C=O) groups excluding carboxylic acids is 1. The zero-order valence-electron chi connectivity index (χ0n) is 12.1. The van der Waals surface area contributed by atoms with Crippen molar-refractivity contribution in [3.8, 4) is 5.75 Å². The van der Waals surface area contributed by atoms with Crippen molar-refractivity contribution in [3.05, 3.63) is 59.7 Å². The predicted octanol–water partition coefficient (Wildman–Crippen LogP) is 3.32. The standard InChI is InChI=1S/C17H19NO2/c1-13-6-4-5-7-16(13)17(19)12-18(2)14-8-10-15(20-3)11-9-14/h4-11H,12H2,1-3H3. The molecule has 0 aliphatic rings. The summed E-state index contributed by atoms with van der Waals surface area (Å²) < 4.78 is 5.13. The average molecular weight is 269 g/mol. The van der Waals surface area contributed by atoms with Crippen molar-refractivity contribution >= 4 is 11.5 Å². The molecule has 0 spiro atoms. The van der Waals surface area contributed by atoms with Gasteiger partial charge in [0.1, 0.15) is 5.75 Å². The van der Waals surface area contributed by atoms with E-state index in [1.807, 2.05) is 67.4 Å². The lowest BCUT2D eigenvalue weighted by molar-refractivity contribution is 0.1000. The molecule has 0 radical (unpaired) electrons. The molecule has 0 atom stereocenters. The molecule has 0 N–H and O–H groups in total.